The van der Waals surface area contributed by atoms with E-state index in [0.29, 0.717) is 0 Å². The highest BCUT2D eigenvalue weighted by Gasteiger charge is 2.30. The van der Waals surface area contributed by atoms with Crippen LogP contribution in [0.15, 0.2) is 18.2 Å². The van der Waals surface area contributed by atoms with E-state index in [4.69, 9.17) is 23.8 Å². The first-order chi connectivity index (χ1) is 8.20. The Morgan fingerprint density at radius 3 is 2.44 bits per heavy atom. The molecule has 0 aliphatic heterocycles. The summed E-state index contributed by atoms with van der Waals surface area (Å²) in [6.07, 6.45) is -4.46. The molecule has 0 saturated carbocycles. The van der Waals surface area contributed by atoms with Crippen LogP contribution in [0, 0.1) is 0 Å². The molecular weight excluding hydrogens is 289 g/mol. The molecule has 98 valence electrons. The molecule has 2 N–H and O–H groups in total. The van der Waals surface area contributed by atoms with Gasteiger partial charge in [-0.05, 0) is 30.4 Å². The summed E-state index contributed by atoms with van der Waals surface area (Å²) >= 11 is 10.4. The van der Waals surface area contributed by atoms with Gasteiger partial charge in [-0.15, -0.1) is 0 Å². The fraction of sp³-hybridized carbons (Fsp3) is 0.200. The fourth-order valence-electron chi connectivity index (χ4n) is 1.11. The van der Waals surface area contributed by atoms with Crippen LogP contribution < -0.4 is 10.6 Å². The quantitative estimate of drug-likeness (QED) is 0.782. The zero-order valence-electron chi connectivity index (χ0n) is 9.06. The topological polar surface area (TPSA) is 41.1 Å². The Kier molecular flexibility index (Phi) is 4.53. The number of anilines is 1. The SMILES string of the molecule is CC(=O)NC(=S)Nc1ccc(C(F)(F)F)cc1Cl. The molecule has 0 unspecified atom stereocenters. The minimum absolute atomic E-state index is 0.0378. The molecule has 1 aromatic carbocycles. The molecule has 1 rings (SSSR count). The molecule has 3 nitrogen and oxygen atoms in total. The number of carbonyl (C=O) groups excluding carboxylic acids is 1. The molecule has 0 heterocycles. The molecule has 0 aliphatic rings. The summed E-state index contributed by atoms with van der Waals surface area (Å²) in [6, 6.07) is 2.78. The van der Waals surface area contributed by atoms with Gasteiger partial charge in [-0.2, -0.15) is 13.2 Å². The third kappa shape index (κ3) is 4.15. The number of hydrogen-bond acceptors (Lipinski definition) is 2. The summed E-state index contributed by atoms with van der Waals surface area (Å²) in [5.41, 5.74) is -0.674. The summed E-state index contributed by atoms with van der Waals surface area (Å²) in [4.78, 5) is 10.7. The van der Waals surface area contributed by atoms with Crippen molar-refractivity contribution in [3.05, 3.63) is 28.8 Å². The summed E-state index contributed by atoms with van der Waals surface area (Å²) < 4.78 is 37.1. The summed E-state index contributed by atoms with van der Waals surface area (Å²) in [5.74, 6) is -0.393. The Morgan fingerprint density at radius 1 is 1.39 bits per heavy atom. The zero-order chi connectivity index (χ0) is 13.9. The second-order valence-electron chi connectivity index (χ2n) is 3.33. The largest absolute Gasteiger partial charge is 0.416 e. The summed E-state index contributed by atoms with van der Waals surface area (Å²) in [5, 5.41) is 4.61. The van der Waals surface area contributed by atoms with E-state index in [2.05, 4.69) is 10.6 Å². The number of amides is 1. The number of benzene rings is 1. The number of rotatable bonds is 1. The lowest BCUT2D eigenvalue weighted by atomic mass is 10.2. The maximum atomic E-state index is 12.4. The van der Waals surface area contributed by atoms with Gasteiger partial charge < -0.3 is 10.6 Å². The van der Waals surface area contributed by atoms with Crippen molar-refractivity contribution >= 4 is 40.5 Å². The van der Waals surface area contributed by atoms with Crippen molar-refractivity contribution in [2.75, 3.05) is 5.32 Å². The number of hydrogen-bond donors (Lipinski definition) is 2. The van der Waals surface area contributed by atoms with E-state index in [0.717, 1.165) is 18.2 Å². The summed E-state index contributed by atoms with van der Waals surface area (Å²) in [6.45, 7) is 1.25. The minimum atomic E-state index is -4.46. The monoisotopic (exact) mass is 296 g/mol. The standard InChI is InChI=1S/C10H8ClF3N2OS/c1-5(17)15-9(18)16-8-3-2-6(4-7(8)11)10(12,13)14/h2-4H,1H3,(H2,15,16,17,18). The number of nitrogens with one attached hydrogen (secondary N) is 2. The zero-order valence-corrected chi connectivity index (χ0v) is 10.6. The molecule has 0 aliphatic carbocycles. The molecule has 18 heavy (non-hydrogen) atoms. The van der Waals surface area contributed by atoms with Crippen LogP contribution in [0.4, 0.5) is 18.9 Å². The lowest BCUT2D eigenvalue weighted by Crippen LogP contribution is -2.32. The Labute approximate surface area is 111 Å². The van der Waals surface area contributed by atoms with Gasteiger partial charge in [-0.3, -0.25) is 4.79 Å². The third-order valence-corrected chi connectivity index (χ3v) is 2.35. The van der Waals surface area contributed by atoms with Crippen molar-refractivity contribution < 1.29 is 18.0 Å². The Bertz CT molecular complexity index is 491. The molecular formula is C10H8ClF3N2OS. The van der Waals surface area contributed by atoms with Gasteiger partial charge in [0.25, 0.3) is 0 Å². The van der Waals surface area contributed by atoms with Crippen molar-refractivity contribution in [2.24, 2.45) is 0 Å². The van der Waals surface area contributed by atoms with Gasteiger partial charge in [0, 0.05) is 6.92 Å². The highest BCUT2D eigenvalue weighted by Crippen LogP contribution is 2.33. The molecule has 0 spiro atoms. The maximum Gasteiger partial charge on any atom is 0.416 e. The first kappa shape index (κ1) is 14.7. The second kappa shape index (κ2) is 5.53. The molecule has 0 aromatic heterocycles. The van der Waals surface area contributed by atoms with Crippen molar-refractivity contribution in [1.82, 2.24) is 5.32 Å². The maximum absolute atomic E-state index is 12.4. The molecule has 0 radical (unpaired) electrons. The van der Waals surface area contributed by atoms with Gasteiger partial charge in [-0.1, -0.05) is 11.6 Å². The van der Waals surface area contributed by atoms with Crippen molar-refractivity contribution in [3.63, 3.8) is 0 Å². The highest BCUT2D eigenvalue weighted by molar-refractivity contribution is 7.80. The predicted octanol–water partition coefficient (Wildman–Crippen LogP) is 3.19. The molecule has 0 atom stereocenters. The van der Waals surface area contributed by atoms with E-state index in [1.807, 2.05) is 0 Å². The van der Waals surface area contributed by atoms with Gasteiger partial charge >= 0.3 is 6.18 Å². The van der Waals surface area contributed by atoms with Crippen LogP contribution in [0.1, 0.15) is 12.5 Å². The predicted molar refractivity (Wildman–Crippen MR) is 66.5 cm³/mol. The van der Waals surface area contributed by atoms with Gasteiger partial charge in [0.15, 0.2) is 5.11 Å². The van der Waals surface area contributed by atoms with E-state index >= 15 is 0 Å². The van der Waals surface area contributed by atoms with Crippen LogP contribution in [0.3, 0.4) is 0 Å². The number of carbonyl (C=O) groups is 1. The van der Waals surface area contributed by atoms with E-state index in [9.17, 15) is 18.0 Å². The normalized spacial score (nSPS) is 10.9. The lowest BCUT2D eigenvalue weighted by molar-refractivity contribution is -0.137. The first-order valence-corrected chi connectivity index (χ1v) is 5.44. The third-order valence-electron chi connectivity index (χ3n) is 1.83. The molecule has 1 aromatic rings. The molecule has 8 heteroatoms. The van der Waals surface area contributed by atoms with E-state index < -0.39 is 17.6 Å². The Morgan fingerprint density at radius 2 is 2.00 bits per heavy atom. The van der Waals surface area contributed by atoms with Crippen molar-refractivity contribution in [2.45, 2.75) is 13.1 Å². The van der Waals surface area contributed by atoms with Crippen LogP contribution in [0.5, 0.6) is 0 Å². The van der Waals surface area contributed by atoms with E-state index in [-0.39, 0.29) is 15.8 Å². The number of alkyl halides is 3. The van der Waals surface area contributed by atoms with Gasteiger partial charge in [0.05, 0.1) is 16.3 Å². The van der Waals surface area contributed by atoms with Crippen molar-refractivity contribution in [1.29, 1.82) is 0 Å². The minimum Gasteiger partial charge on any atom is -0.331 e. The molecule has 0 bridgehead atoms. The van der Waals surface area contributed by atoms with Gasteiger partial charge in [0.2, 0.25) is 5.91 Å². The van der Waals surface area contributed by atoms with Crippen LogP contribution in [-0.2, 0) is 11.0 Å². The van der Waals surface area contributed by atoms with Crippen LogP contribution in [0.25, 0.3) is 0 Å². The molecule has 0 saturated heterocycles. The average molecular weight is 297 g/mol. The smallest absolute Gasteiger partial charge is 0.331 e. The Balaban J connectivity index is 2.87. The fourth-order valence-corrected chi connectivity index (χ4v) is 1.59. The first-order valence-electron chi connectivity index (χ1n) is 4.65. The second-order valence-corrected chi connectivity index (χ2v) is 4.14. The Hall–Kier alpha value is -1.34. The molecule has 0 fully saturated rings. The number of halogens is 4. The number of thiocarbonyl (C=S) groups is 1. The molecule has 1 amide bonds. The van der Waals surface area contributed by atoms with Crippen LogP contribution in [0.2, 0.25) is 5.02 Å². The average Bonchev–Trinajstić information content (AvgIpc) is 2.18. The lowest BCUT2D eigenvalue weighted by Gasteiger charge is -2.12. The van der Waals surface area contributed by atoms with Gasteiger partial charge in [-0.25, -0.2) is 0 Å². The van der Waals surface area contributed by atoms with Crippen LogP contribution >= 0.6 is 23.8 Å². The van der Waals surface area contributed by atoms with Crippen molar-refractivity contribution in [3.8, 4) is 0 Å². The van der Waals surface area contributed by atoms with Gasteiger partial charge in [0.1, 0.15) is 0 Å². The summed E-state index contributed by atoms with van der Waals surface area (Å²) in [7, 11) is 0. The highest BCUT2D eigenvalue weighted by atomic mass is 35.5. The van der Waals surface area contributed by atoms with Crippen LogP contribution in [-0.4, -0.2) is 11.0 Å². The van der Waals surface area contributed by atoms with E-state index in [1.165, 1.54) is 6.92 Å². The van der Waals surface area contributed by atoms with E-state index in [1.54, 1.807) is 0 Å².